The maximum Gasteiger partial charge on any atom is 0.118 e. The van der Waals surface area contributed by atoms with E-state index in [2.05, 4.69) is 0 Å². The molecule has 1 aromatic rings. The molecule has 0 aliphatic rings. The molecule has 0 aliphatic heterocycles. The van der Waals surface area contributed by atoms with Crippen molar-refractivity contribution in [1.82, 2.24) is 0 Å². The van der Waals surface area contributed by atoms with Crippen molar-refractivity contribution in [3.8, 4) is 5.75 Å². The normalized spacial score (nSPS) is 16.1. The molecule has 1 aromatic carbocycles. The lowest BCUT2D eigenvalue weighted by molar-refractivity contribution is 0.00482. The molecule has 0 saturated heterocycles. The molecule has 0 aliphatic carbocycles. The number of methoxy groups -OCH3 is 1. The topological polar surface area (TPSA) is 49.7 Å². The molecule has 3 atom stereocenters. The standard InChI is InChI=1S/C15H24O3/c1-4-6-14(16)13(5-2)15(17)11-7-9-12(18-3)10-8-11/h7-10,13-17H,4-6H2,1-3H3/t13-,14+,15+/m0/s1. The quantitative estimate of drug-likeness (QED) is 0.784. The van der Waals surface area contributed by atoms with Gasteiger partial charge < -0.3 is 14.9 Å². The summed E-state index contributed by atoms with van der Waals surface area (Å²) in [5.41, 5.74) is 0.831. The minimum Gasteiger partial charge on any atom is -0.497 e. The second kappa shape index (κ2) is 7.39. The molecule has 1 rings (SSSR count). The van der Waals surface area contributed by atoms with Gasteiger partial charge in [0.15, 0.2) is 0 Å². The Morgan fingerprint density at radius 3 is 2.17 bits per heavy atom. The lowest BCUT2D eigenvalue weighted by atomic mass is 9.87. The van der Waals surface area contributed by atoms with E-state index in [0.717, 1.165) is 30.6 Å². The van der Waals surface area contributed by atoms with E-state index in [-0.39, 0.29) is 5.92 Å². The summed E-state index contributed by atoms with van der Waals surface area (Å²) in [5, 5.41) is 20.4. The molecule has 0 aromatic heterocycles. The van der Waals surface area contributed by atoms with E-state index in [9.17, 15) is 10.2 Å². The van der Waals surface area contributed by atoms with E-state index in [1.54, 1.807) is 7.11 Å². The molecule has 0 spiro atoms. The molecule has 102 valence electrons. The molecule has 0 bridgehead atoms. The molecule has 0 saturated carbocycles. The maximum absolute atomic E-state index is 10.3. The summed E-state index contributed by atoms with van der Waals surface area (Å²) in [7, 11) is 1.62. The monoisotopic (exact) mass is 252 g/mol. The zero-order valence-corrected chi connectivity index (χ0v) is 11.5. The fourth-order valence-corrected chi connectivity index (χ4v) is 2.26. The van der Waals surface area contributed by atoms with Gasteiger partial charge in [-0.2, -0.15) is 0 Å². The van der Waals surface area contributed by atoms with Crippen LogP contribution in [-0.2, 0) is 0 Å². The number of aliphatic hydroxyl groups is 2. The van der Waals surface area contributed by atoms with Gasteiger partial charge in [0.2, 0.25) is 0 Å². The van der Waals surface area contributed by atoms with Crippen LogP contribution in [0.2, 0.25) is 0 Å². The van der Waals surface area contributed by atoms with Crippen molar-refractivity contribution in [1.29, 1.82) is 0 Å². The highest BCUT2D eigenvalue weighted by atomic mass is 16.5. The van der Waals surface area contributed by atoms with Crippen molar-refractivity contribution in [3.63, 3.8) is 0 Å². The third kappa shape index (κ3) is 3.72. The molecule has 3 nitrogen and oxygen atoms in total. The van der Waals surface area contributed by atoms with E-state index >= 15 is 0 Å². The molecule has 2 N–H and O–H groups in total. The predicted octanol–water partition coefficient (Wildman–Crippen LogP) is 2.92. The maximum atomic E-state index is 10.3. The zero-order valence-electron chi connectivity index (χ0n) is 11.5. The van der Waals surface area contributed by atoms with Gasteiger partial charge in [-0.15, -0.1) is 0 Å². The van der Waals surface area contributed by atoms with Crippen LogP contribution in [0.15, 0.2) is 24.3 Å². The van der Waals surface area contributed by atoms with Gasteiger partial charge in [-0.1, -0.05) is 32.4 Å². The van der Waals surface area contributed by atoms with E-state index in [1.807, 2.05) is 38.1 Å². The largest absolute Gasteiger partial charge is 0.497 e. The number of aliphatic hydroxyl groups excluding tert-OH is 2. The number of rotatable bonds is 7. The Hall–Kier alpha value is -1.06. The summed E-state index contributed by atoms with van der Waals surface area (Å²) in [6, 6.07) is 7.37. The molecule has 0 radical (unpaired) electrons. The van der Waals surface area contributed by atoms with Gasteiger partial charge in [0.1, 0.15) is 5.75 Å². The lowest BCUT2D eigenvalue weighted by Crippen LogP contribution is -2.26. The summed E-state index contributed by atoms with van der Waals surface area (Å²) in [4.78, 5) is 0. The van der Waals surface area contributed by atoms with Crippen LogP contribution in [0, 0.1) is 5.92 Å². The third-order valence-electron chi connectivity index (χ3n) is 3.41. The third-order valence-corrected chi connectivity index (χ3v) is 3.41. The number of ether oxygens (including phenoxy) is 1. The zero-order chi connectivity index (χ0) is 13.5. The van der Waals surface area contributed by atoms with Crippen molar-refractivity contribution in [2.24, 2.45) is 5.92 Å². The number of hydrogen-bond donors (Lipinski definition) is 2. The Labute approximate surface area is 109 Å². The van der Waals surface area contributed by atoms with E-state index in [0.29, 0.717) is 0 Å². The molecular formula is C15H24O3. The van der Waals surface area contributed by atoms with Gasteiger partial charge in [0.05, 0.1) is 19.3 Å². The average Bonchev–Trinajstić information content (AvgIpc) is 2.40. The second-order valence-electron chi connectivity index (χ2n) is 4.65. The first-order valence-corrected chi connectivity index (χ1v) is 6.64. The van der Waals surface area contributed by atoms with Gasteiger partial charge in [-0.3, -0.25) is 0 Å². The van der Waals surface area contributed by atoms with Crippen LogP contribution in [0.25, 0.3) is 0 Å². The first-order chi connectivity index (χ1) is 8.63. The molecule has 0 fully saturated rings. The van der Waals surface area contributed by atoms with Crippen LogP contribution < -0.4 is 4.74 Å². The Balaban J connectivity index is 2.78. The average molecular weight is 252 g/mol. The van der Waals surface area contributed by atoms with Gasteiger partial charge in [-0.05, 0) is 30.5 Å². The fourth-order valence-electron chi connectivity index (χ4n) is 2.26. The first kappa shape index (κ1) is 15.0. The lowest BCUT2D eigenvalue weighted by Gasteiger charge is -2.26. The molecule has 0 heterocycles. The van der Waals surface area contributed by atoms with Crippen molar-refractivity contribution in [3.05, 3.63) is 29.8 Å². The molecule has 0 unspecified atom stereocenters. The highest BCUT2D eigenvalue weighted by Crippen LogP contribution is 2.30. The van der Waals surface area contributed by atoms with Crippen molar-refractivity contribution < 1.29 is 14.9 Å². The van der Waals surface area contributed by atoms with E-state index in [4.69, 9.17) is 4.74 Å². The van der Waals surface area contributed by atoms with Crippen LogP contribution in [0.1, 0.15) is 44.8 Å². The van der Waals surface area contributed by atoms with Crippen LogP contribution in [-0.4, -0.2) is 23.4 Å². The van der Waals surface area contributed by atoms with Crippen LogP contribution in [0.5, 0.6) is 5.75 Å². The van der Waals surface area contributed by atoms with Gasteiger partial charge in [0, 0.05) is 5.92 Å². The summed E-state index contributed by atoms with van der Waals surface area (Å²) >= 11 is 0. The van der Waals surface area contributed by atoms with Gasteiger partial charge >= 0.3 is 0 Å². The van der Waals surface area contributed by atoms with Crippen LogP contribution in [0.3, 0.4) is 0 Å². The first-order valence-electron chi connectivity index (χ1n) is 6.64. The van der Waals surface area contributed by atoms with Crippen molar-refractivity contribution >= 4 is 0 Å². The van der Waals surface area contributed by atoms with Crippen LogP contribution >= 0.6 is 0 Å². The minimum absolute atomic E-state index is 0.113. The Bertz CT molecular complexity index is 334. The second-order valence-corrected chi connectivity index (χ2v) is 4.65. The molecule has 18 heavy (non-hydrogen) atoms. The Kier molecular flexibility index (Phi) is 6.16. The highest BCUT2D eigenvalue weighted by molar-refractivity contribution is 5.28. The summed E-state index contributed by atoms with van der Waals surface area (Å²) in [5.74, 6) is 0.659. The molecule has 3 heteroatoms. The van der Waals surface area contributed by atoms with E-state index in [1.165, 1.54) is 0 Å². The smallest absolute Gasteiger partial charge is 0.118 e. The highest BCUT2D eigenvalue weighted by Gasteiger charge is 2.25. The van der Waals surface area contributed by atoms with Gasteiger partial charge in [0.25, 0.3) is 0 Å². The van der Waals surface area contributed by atoms with E-state index < -0.39 is 12.2 Å². The van der Waals surface area contributed by atoms with Gasteiger partial charge in [-0.25, -0.2) is 0 Å². The summed E-state index contributed by atoms with van der Waals surface area (Å²) in [6.07, 6.45) is 1.34. The Morgan fingerprint density at radius 1 is 1.11 bits per heavy atom. The van der Waals surface area contributed by atoms with Crippen molar-refractivity contribution in [2.45, 2.75) is 45.3 Å². The predicted molar refractivity (Wildman–Crippen MR) is 72.6 cm³/mol. The summed E-state index contributed by atoms with van der Waals surface area (Å²) in [6.45, 7) is 4.03. The molecule has 0 amide bonds. The van der Waals surface area contributed by atoms with Crippen LogP contribution in [0.4, 0.5) is 0 Å². The Morgan fingerprint density at radius 2 is 1.72 bits per heavy atom. The SMILES string of the molecule is CCC[C@@H](O)[C@H](CC)[C@H](O)c1ccc(OC)cc1. The summed E-state index contributed by atoms with van der Waals surface area (Å²) < 4.78 is 5.09. The minimum atomic E-state index is -0.623. The molecular weight excluding hydrogens is 228 g/mol. The number of benzene rings is 1. The fraction of sp³-hybridized carbons (Fsp3) is 0.600. The number of hydrogen-bond acceptors (Lipinski definition) is 3. The van der Waals surface area contributed by atoms with Crippen molar-refractivity contribution in [2.75, 3.05) is 7.11 Å².